The third-order valence-corrected chi connectivity index (χ3v) is 3.78. The SMILES string of the molecule is CCCCCCc1ccc(C(=O)NCC2CC2)cc1. The first-order chi connectivity index (χ1) is 9.29. The minimum absolute atomic E-state index is 0.0735. The first-order valence-electron chi connectivity index (χ1n) is 7.66. The van der Waals surface area contributed by atoms with Crippen LogP contribution < -0.4 is 5.32 Å². The Balaban J connectivity index is 1.74. The zero-order chi connectivity index (χ0) is 13.5. The van der Waals surface area contributed by atoms with E-state index in [4.69, 9.17) is 0 Å². The predicted molar refractivity (Wildman–Crippen MR) is 79.3 cm³/mol. The lowest BCUT2D eigenvalue weighted by atomic mass is 10.0. The standard InChI is InChI=1S/C17H25NO/c1-2-3-4-5-6-14-9-11-16(12-10-14)17(19)18-13-15-7-8-15/h9-12,15H,2-8,13H2,1H3,(H,18,19). The van der Waals surface area contributed by atoms with E-state index in [1.165, 1.54) is 44.1 Å². The first-order valence-corrected chi connectivity index (χ1v) is 7.66. The van der Waals surface area contributed by atoms with E-state index >= 15 is 0 Å². The van der Waals surface area contributed by atoms with Crippen LogP contribution in [0.3, 0.4) is 0 Å². The fourth-order valence-corrected chi connectivity index (χ4v) is 2.24. The summed E-state index contributed by atoms with van der Waals surface area (Å²) in [7, 11) is 0. The van der Waals surface area contributed by atoms with Gasteiger partial charge in [-0.15, -0.1) is 0 Å². The van der Waals surface area contributed by atoms with Gasteiger partial charge in [0, 0.05) is 12.1 Å². The normalized spacial score (nSPS) is 14.4. The van der Waals surface area contributed by atoms with Crippen molar-refractivity contribution in [1.82, 2.24) is 5.32 Å². The Labute approximate surface area is 116 Å². The maximum absolute atomic E-state index is 11.9. The zero-order valence-electron chi connectivity index (χ0n) is 12.0. The largest absolute Gasteiger partial charge is 0.352 e. The van der Waals surface area contributed by atoms with E-state index in [0.717, 1.165) is 24.4 Å². The molecule has 1 fully saturated rings. The number of unbranched alkanes of at least 4 members (excludes halogenated alkanes) is 3. The van der Waals surface area contributed by atoms with E-state index in [9.17, 15) is 4.79 Å². The van der Waals surface area contributed by atoms with E-state index in [0.29, 0.717) is 0 Å². The monoisotopic (exact) mass is 259 g/mol. The maximum atomic E-state index is 11.9. The highest BCUT2D eigenvalue weighted by Crippen LogP contribution is 2.27. The summed E-state index contributed by atoms with van der Waals surface area (Å²) in [6, 6.07) is 8.10. The number of hydrogen-bond acceptors (Lipinski definition) is 1. The number of benzene rings is 1. The Morgan fingerprint density at radius 1 is 1.16 bits per heavy atom. The second kappa shape index (κ2) is 7.32. The quantitative estimate of drug-likeness (QED) is 0.704. The van der Waals surface area contributed by atoms with Gasteiger partial charge < -0.3 is 5.32 Å². The molecular weight excluding hydrogens is 234 g/mol. The third kappa shape index (κ3) is 5.06. The number of carbonyl (C=O) groups excluding carboxylic acids is 1. The van der Waals surface area contributed by atoms with Gasteiger partial charge in [-0.1, -0.05) is 38.3 Å². The molecule has 0 atom stereocenters. The fourth-order valence-electron chi connectivity index (χ4n) is 2.24. The number of aryl methyl sites for hydroxylation is 1. The lowest BCUT2D eigenvalue weighted by molar-refractivity contribution is 0.0952. The Bertz CT molecular complexity index is 392. The van der Waals surface area contributed by atoms with Crippen molar-refractivity contribution in [3.8, 4) is 0 Å². The van der Waals surface area contributed by atoms with Gasteiger partial charge in [-0.2, -0.15) is 0 Å². The summed E-state index contributed by atoms with van der Waals surface area (Å²) in [5.74, 6) is 0.811. The Hall–Kier alpha value is -1.31. The van der Waals surface area contributed by atoms with Crippen LogP contribution in [0.15, 0.2) is 24.3 Å². The summed E-state index contributed by atoms with van der Waals surface area (Å²) in [5, 5.41) is 3.00. The summed E-state index contributed by atoms with van der Waals surface area (Å²) < 4.78 is 0. The van der Waals surface area contributed by atoms with Crippen molar-refractivity contribution >= 4 is 5.91 Å². The molecule has 0 spiro atoms. The molecule has 1 amide bonds. The highest BCUT2D eigenvalue weighted by Gasteiger charge is 2.21. The molecule has 2 heteroatoms. The Kier molecular flexibility index (Phi) is 5.44. The number of carbonyl (C=O) groups is 1. The van der Waals surface area contributed by atoms with Crippen LogP contribution in [0.4, 0.5) is 0 Å². The van der Waals surface area contributed by atoms with Crippen molar-refractivity contribution in [2.75, 3.05) is 6.54 Å². The maximum Gasteiger partial charge on any atom is 0.251 e. The molecule has 0 unspecified atom stereocenters. The highest BCUT2D eigenvalue weighted by molar-refractivity contribution is 5.94. The first kappa shape index (κ1) is 14.1. The van der Waals surface area contributed by atoms with Crippen LogP contribution in [0.5, 0.6) is 0 Å². The smallest absolute Gasteiger partial charge is 0.251 e. The van der Waals surface area contributed by atoms with Crippen molar-refractivity contribution < 1.29 is 4.79 Å². The molecule has 1 saturated carbocycles. The van der Waals surface area contributed by atoms with Crippen LogP contribution in [0, 0.1) is 5.92 Å². The summed E-state index contributed by atoms with van der Waals surface area (Å²) in [6.07, 6.45) is 8.83. The molecule has 1 aromatic carbocycles. The predicted octanol–water partition coefficient (Wildman–Crippen LogP) is 3.95. The van der Waals surface area contributed by atoms with E-state index in [2.05, 4.69) is 24.4 Å². The van der Waals surface area contributed by atoms with Gasteiger partial charge >= 0.3 is 0 Å². The molecule has 1 aromatic rings. The Morgan fingerprint density at radius 3 is 2.53 bits per heavy atom. The number of hydrogen-bond donors (Lipinski definition) is 1. The average Bonchev–Trinajstić information content (AvgIpc) is 3.26. The summed E-state index contributed by atoms with van der Waals surface area (Å²) >= 11 is 0. The van der Waals surface area contributed by atoms with E-state index in [1.807, 2.05) is 12.1 Å². The van der Waals surface area contributed by atoms with Crippen LogP contribution in [-0.4, -0.2) is 12.5 Å². The van der Waals surface area contributed by atoms with Gasteiger partial charge in [-0.25, -0.2) is 0 Å². The van der Waals surface area contributed by atoms with Gasteiger partial charge in [0.1, 0.15) is 0 Å². The van der Waals surface area contributed by atoms with Crippen LogP contribution in [0.1, 0.15) is 61.4 Å². The molecular formula is C17H25NO. The molecule has 19 heavy (non-hydrogen) atoms. The molecule has 0 radical (unpaired) electrons. The molecule has 0 aliphatic heterocycles. The molecule has 1 N–H and O–H groups in total. The van der Waals surface area contributed by atoms with E-state index in [1.54, 1.807) is 0 Å². The van der Waals surface area contributed by atoms with Gasteiger partial charge in [0.2, 0.25) is 0 Å². The molecule has 1 aliphatic carbocycles. The van der Waals surface area contributed by atoms with Crippen molar-refractivity contribution in [2.45, 2.75) is 51.9 Å². The Morgan fingerprint density at radius 2 is 1.89 bits per heavy atom. The summed E-state index contributed by atoms with van der Waals surface area (Å²) in [6.45, 7) is 3.08. The molecule has 104 valence electrons. The van der Waals surface area contributed by atoms with Crippen LogP contribution >= 0.6 is 0 Å². The number of amides is 1. The van der Waals surface area contributed by atoms with Crippen molar-refractivity contribution in [2.24, 2.45) is 5.92 Å². The molecule has 2 rings (SSSR count). The third-order valence-electron chi connectivity index (χ3n) is 3.78. The van der Waals surface area contributed by atoms with Gasteiger partial charge in [-0.3, -0.25) is 4.79 Å². The van der Waals surface area contributed by atoms with E-state index in [-0.39, 0.29) is 5.91 Å². The van der Waals surface area contributed by atoms with Gasteiger partial charge in [0.05, 0.1) is 0 Å². The number of nitrogens with one attached hydrogen (secondary N) is 1. The van der Waals surface area contributed by atoms with Crippen molar-refractivity contribution in [3.63, 3.8) is 0 Å². The molecule has 1 aliphatic rings. The van der Waals surface area contributed by atoms with Crippen LogP contribution in [0.2, 0.25) is 0 Å². The van der Waals surface area contributed by atoms with Crippen LogP contribution in [0.25, 0.3) is 0 Å². The molecule has 0 bridgehead atoms. The number of rotatable bonds is 8. The van der Waals surface area contributed by atoms with Gasteiger partial charge in [0.25, 0.3) is 5.91 Å². The fraction of sp³-hybridized carbons (Fsp3) is 0.588. The minimum Gasteiger partial charge on any atom is -0.352 e. The average molecular weight is 259 g/mol. The molecule has 0 heterocycles. The van der Waals surface area contributed by atoms with Crippen molar-refractivity contribution in [3.05, 3.63) is 35.4 Å². The second-order valence-electron chi connectivity index (χ2n) is 5.66. The molecule has 2 nitrogen and oxygen atoms in total. The molecule has 0 saturated heterocycles. The van der Waals surface area contributed by atoms with Crippen LogP contribution in [-0.2, 0) is 6.42 Å². The van der Waals surface area contributed by atoms with E-state index < -0.39 is 0 Å². The summed E-state index contributed by atoms with van der Waals surface area (Å²) in [4.78, 5) is 11.9. The topological polar surface area (TPSA) is 29.1 Å². The lowest BCUT2D eigenvalue weighted by Gasteiger charge is -2.05. The zero-order valence-corrected chi connectivity index (χ0v) is 12.0. The summed E-state index contributed by atoms with van der Waals surface area (Å²) in [5.41, 5.74) is 2.13. The highest BCUT2D eigenvalue weighted by atomic mass is 16.1. The molecule has 0 aromatic heterocycles. The van der Waals surface area contributed by atoms with Crippen molar-refractivity contribution in [1.29, 1.82) is 0 Å². The van der Waals surface area contributed by atoms with Gasteiger partial charge in [0.15, 0.2) is 0 Å². The lowest BCUT2D eigenvalue weighted by Crippen LogP contribution is -2.25. The van der Waals surface area contributed by atoms with Gasteiger partial charge in [-0.05, 0) is 49.3 Å². The second-order valence-corrected chi connectivity index (χ2v) is 5.66. The minimum atomic E-state index is 0.0735.